The minimum absolute atomic E-state index is 0.474. The molecular formula is C40H31Cl3N8O2. The van der Waals surface area contributed by atoms with Crippen molar-refractivity contribution in [1.82, 2.24) is 29.9 Å². The van der Waals surface area contributed by atoms with Gasteiger partial charge in [-0.05, 0) is 84.9 Å². The van der Waals surface area contributed by atoms with Gasteiger partial charge in [-0.2, -0.15) is 0 Å². The fourth-order valence-corrected chi connectivity index (χ4v) is 5.80. The van der Waals surface area contributed by atoms with E-state index < -0.39 is 0 Å². The molecule has 0 unspecified atom stereocenters. The molecule has 4 heterocycles. The third-order valence-corrected chi connectivity index (χ3v) is 8.51. The predicted octanol–water partition coefficient (Wildman–Crippen LogP) is 10.4. The molecule has 264 valence electrons. The summed E-state index contributed by atoms with van der Waals surface area (Å²) in [7, 11) is 3.16. The molecule has 0 amide bonds. The first-order valence-electron chi connectivity index (χ1n) is 16.0. The van der Waals surface area contributed by atoms with Crippen LogP contribution in [0.15, 0.2) is 134 Å². The fourth-order valence-electron chi connectivity index (χ4n) is 5.03. The highest BCUT2D eigenvalue weighted by Gasteiger charge is 2.11. The van der Waals surface area contributed by atoms with Gasteiger partial charge in [0, 0.05) is 58.1 Å². The van der Waals surface area contributed by atoms with Crippen molar-refractivity contribution in [3.8, 4) is 34.3 Å². The summed E-state index contributed by atoms with van der Waals surface area (Å²) in [6.45, 7) is 0. The highest BCUT2D eigenvalue weighted by Crippen LogP contribution is 2.32. The van der Waals surface area contributed by atoms with Crippen LogP contribution in [-0.2, 0) is 0 Å². The van der Waals surface area contributed by atoms with Crippen LogP contribution >= 0.6 is 34.8 Å². The number of fused-ring (bicyclic) bond motifs is 2. The molecule has 0 atom stereocenters. The molecule has 0 aliphatic carbocycles. The zero-order chi connectivity index (χ0) is 37.2. The lowest BCUT2D eigenvalue weighted by molar-refractivity contribution is 0.415. The Morgan fingerprint density at radius 1 is 0.547 bits per heavy atom. The molecule has 0 saturated carbocycles. The summed E-state index contributed by atoms with van der Waals surface area (Å²) in [6, 6.07) is 33.7. The molecule has 13 heteroatoms. The average molecular weight is 762 g/mol. The number of nitrogens with zero attached hydrogens (tertiary/aromatic N) is 6. The summed E-state index contributed by atoms with van der Waals surface area (Å²) in [5.74, 6) is 3.24. The van der Waals surface area contributed by atoms with Crippen LogP contribution in [0.1, 0.15) is 0 Å². The van der Waals surface area contributed by atoms with Gasteiger partial charge in [-0.15, -0.1) is 0 Å². The van der Waals surface area contributed by atoms with Crippen molar-refractivity contribution in [2.24, 2.45) is 0 Å². The molecular weight excluding hydrogens is 731 g/mol. The molecule has 3 N–H and O–H groups in total. The highest BCUT2D eigenvalue weighted by molar-refractivity contribution is 6.34. The number of anilines is 3. The summed E-state index contributed by atoms with van der Waals surface area (Å²) in [5, 5.41) is 6.69. The zero-order valence-electron chi connectivity index (χ0n) is 28.4. The molecule has 4 aromatic carbocycles. The number of nitrogens with two attached hydrogens (primary N) is 1. The minimum atomic E-state index is 0.474. The zero-order valence-corrected chi connectivity index (χ0v) is 30.7. The van der Waals surface area contributed by atoms with Crippen LogP contribution in [-0.4, -0.2) is 44.1 Å². The van der Waals surface area contributed by atoms with E-state index in [-0.39, 0.29) is 0 Å². The maximum absolute atomic E-state index is 6.24. The molecule has 8 rings (SSSR count). The number of aromatic nitrogens is 6. The molecule has 0 aliphatic rings. The molecule has 53 heavy (non-hydrogen) atoms. The van der Waals surface area contributed by atoms with E-state index in [4.69, 9.17) is 55.0 Å². The first-order valence-corrected chi connectivity index (χ1v) is 17.2. The van der Waals surface area contributed by atoms with Gasteiger partial charge in [-0.1, -0.05) is 59.1 Å². The third kappa shape index (κ3) is 9.24. The smallest absolute Gasteiger partial charge is 0.162 e. The molecule has 0 spiro atoms. The summed E-state index contributed by atoms with van der Waals surface area (Å²) >= 11 is 18.1. The van der Waals surface area contributed by atoms with E-state index in [1.807, 2.05) is 91.0 Å². The Morgan fingerprint density at radius 3 is 1.62 bits per heavy atom. The maximum Gasteiger partial charge on any atom is 0.162 e. The minimum Gasteiger partial charge on any atom is -0.495 e. The third-order valence-electron chi connectivity index (χ3n) is 7.63. The van der Waals surface area contributed by atoms with Crippen molar-refractivity contribution in [2.45, 2.75) is 0 Å². The van der Waals surface area contributed by atoms with Crippen molar-refractivity contribution >= 4 is 73.8 Å². The molecule has 4 aromatic heterocycles. The van der Waals surface area contributed by atoms with Gasteiger partial charge in [0.1, 0.15) is 22.5 Å². The van der Waals surface area contributed by atoms with Gasteiger partial charge < -0.3 is 20.5 Å². The predicted molar refractivity (Wildman–Crippen MR) is 214 cm³/mol. The van der Waals surface area contributed by atoms with Gasteiger partial charge in [0.2, 0.25) is 0 Å². The Kier molecular flexibility index (Phi) is 12.1. The number of hydrogen-bond acceptors (Lipinski definition) is 10. The van der Waals surface area contributed by atoms with E-state index in [2.05, 4.69) is 30.2 Å². The molecule has 10 nitrogen and oxygen atoms in total. The van der Waals surface area contributed by atoms with Crippen molar-refractivity contribution in [2.75, 3.05) is 25.3 Å². The van der Waals surface area contributed by atoms with Gasteiger partial charge in [-0.3, -0.25) is 9.97 Å². The standard InChI is InChI=1S/C20H15ClN4O.C13H8ClN3.C7H8ClNO/c1-26-18-7-6-14(12-16(18)21)23-20-15-4-2-3-5-17(15)24-19(25-20)13-8-10-22-11-9-13;14-12-10-3-1-2-4-11(10)16-13(17-12)9-5-7-15-8-6-9;1-10-7-3-2-5(9)4-6(7)8/h2-12H,1H3,(H,23,24,25);1-8H;2-4H,9H2,1H3. The van der Waals surface area contributed by atoms with Crippen molar-refractivity contribution in [1.29, 1.82) is 0 Å². The Bertz CT molecular complexity index is 2470. The van der Waals surface area contributed by atoms with Crippen LogP contribution in [0.4, 0.5) is 17.2 Å². The number of nitrogens with one attached hydrogen (secondary N) is 1. The Hall–Kier alpha value is -6.07. The van der Waals surface area contributed by atoms with E-state index in [1.54, 1.807) is 57.2 Å². The topological polar surface area (TPSA) is 134 Å². The van der Waals surface area contributed by atoms with Crippen molar-refractivity contribution in [3.05, 3.63) is 149 Å². The van der Waals surface area contributed by atoms with Gasteiger partial charge in [0.25, 0.3) is 0 Å². The maximum atomic E-state index is 6.24. The average Bonchev–Trinajstić information content (AvgIpc) is 3.19. The number of pyridine rings is 2. The lowest BCUT2D eigenvalue weighted by Crippen LogP contribution is -1.99. The molecule has 0 aliphatic heterocycles. The van der Waals surface area contributed by atoms with Gasteiger partial charge in [0.05, 0.1) is 35.3 Å². The number of nitrogen functional groups attached to an aromatic ring is 1. The van der Waals surface area contributed by atoms with Crippen LogP contribution in [0.5, 0.6) is 11.5 Å². The second-order valence-corrected chi connectivity index (χ2v) is 12.3. The molecule has 0 saturated heterocycles. The van der Waals surface area contributed by atoms with Crippen LogP contribution in [0, 0.1) is 0 Å². The van der Waals surface area contributed by atoms with E-state index in [1.165, 1.54) is 0 Å². The van der Waals surface area contributed by atoms with E-state index in [0.29, 0.717) is 49.9 Å². The number of hydrogen-bond donors (Lipinski definition) is 2. The molecule has 0 bridgehead atoms. The first-order chi connectivity index (χ1) is 25.8. The Labute approximate surface area is 320 Å². The number of methoxy groups -OCH3 is 2. The number of rotatable bonds is 6. The monoisotopic (exact) mass is 760 g/mol. The van der Waals surface area contributed by atoms with E-state index in [0.717, 1.165) is 38.6 Å². The number of benzene rings is 4. The Morgan fingerprint density at radius 2 is 1.06 bits per heavy atom. The quantitative estimate of drug-likeness (QED) is 0.125. The van der Waals surface area contributed by atoms with E-state index in [9.17, 15) is 0 Å². The second kappa shape index (κ2) is 17.4. The number of halogens is 3. The van der Waals surface area contributed by atoms with Crippen LogP contribution < -0.4 is 20.5 Å². The van der Waals surface area contributed by atoms with Gasteiger partial charge in [-0.25, -0.2) is 19.9 Å². The molecule has 8 aromatic rings. The molecule has 0 fully saturated rings. The summed E-state index contributed by atoms with van der Waals surface area (Å²) in [5.41, 5.74) is 10.4. The lowest BCUT2D eigenvalue weighted by Gasteiger charge is -2.12. The van der Waals surface area contributed by atoms with Crippen molar-refractivity contribution in [3.63, 3.8) is 0 Å². The van der Waals surface area contributed by atoms with Gasteiger partial charge >= 0.3 is 0 Å². The van der Waals surface area contributed by atoms with Crippen LogP contribution in [0.25, 0.3) is 44.6 Å². The summed E-state index contributed by atoms with van der Waals surface area (Å²) in [6.07, 6.45) is 6.87. The largest absolute Gasteiger partial charge is 0.495 e. The first kappa shape index (κ1) is 36.7. The summed E-state index contributed by atoms with van der Waals surface area (Å²) in [4.78, 5) is 26.2. The van der Waals surface area contributed by atoms with Crippen molar-refractivity contribution < 1.29 is 9.47 Å². The Balaban J connectivity index is 0.000000152. The van der Waals surface area contributed by atoms with Crippen LogP contribution in [0.3, 0.4) is 0 Å². The van der Waals surface area contributed by atoms with Crippen LogP contribution in [0.2, 0.25) is 15.2 Å². The number of ether oxygens (including phenoxy) is 2. The highest BCUT2D eigenvalue weighted by atomic mass is 35.5. The van der Waals surface area contributed by atoms with E-state index >= 15 is 0 Å². The SMILES string of the molecule is COc1ccc(N)cc1Cl.COc1ccc(Nc2nc(-c3ccncc3)nc3ccccc23)cc1Cl.Clc1nc(-c2ccncc2)nc2ccccc12. The number of para-hydroxylation sites is 2. The fraction of sp³-hybridized carbons (Fsp3) is 0.0500. The molecule has 0 radical (unpaired) electrons. The second-order valence-electron chi connectivity index (χ2n) is 11.1. The lowest BCUT2D eigenvalue weighted by atomic mass is 10.2. The van der Waals surface area contributed by atoms with Gasteiger partial charge in [0.15, 0.2) is 11.6 Å². The summed E-state index contributed by atoms with van der Waals surface area (Å²) < 4.78 is 10.1. The normalized spacial score (nSPS) is 10.4.